The summed E-state index contributed by atoms with van der Waals surface area (Å²) >= 11 is 2.87. The summed E-state index contributed by atoms with van der Waals surface area (Å²) < 4.78 is 26.7. The number of hydrogen-bond acceptors (Lipinski definition) is 1. The molecule has 0 unspecified atom stereocenters. The van der Waals surface area contributed by atoms with E-state index < -0.39 is 17.0 Å². The van der Waals surface area contributed by atoms with Crippen molar-refractivity contribution in [3.8, 4) is 0 Å². The number of aliphatic hydroxyl groups excluding tert-OH is 1. The molecule has 82 valence electrons. The van der Waals surface area contributed by atoms with Crippen LogP contribution in [-0.2, 0) is 5.41 Å². The molecule has 1 aliphatic carbocycles. The van der Waals surface area contributed by atoms with Gasteiger partial charge in [-0.1, -0.05) is 12.5 Å². The van der Waals surface area contributed by atoms with Crippen LogP contribution in [0.1, 0.15) is 24.8 Å². The van der Waals surface area contributed by atoms with E-state index >= 15 is 0 Å². The molecule has 0 spiro atoms. The first kappa shape index (κ1) is 11.0. The van der Waals surface area contributed by atoms with Gasteiger partial charge in [0.15, 0.2) is 0 Å². The highest BCUT2D eigenvalue weighted by Gasteiger charge is 2.40. The summed E-state index contributed by atoms with van der Waals surface area (Å²) in [7, 11) is 0. The summed E-state index contributed by atoms with van der Waals surface area (Å²) in [6.07, 6.45) is 2.51. The largest absolute Gasteiger partial charge is 0.395 e. The first-order valence-corrected chi connectivity index (χ1v) is 5.65. The van der Waals surface area contributed by atoms with Crippen LogP contribution >= 0.6 is 15.9 Å². The van der Waals surface area contributed by atoms with E-state index in [-0.39, 0.29) is 11.1 Å². The van der Waals surface area contributed by atoms with Crippen LogP contribution in [0.5, 0.6) is 0 Å². The fourth-order valence-electron chi connectivity index (χ4n) is 2.05. The molecule has 1 N–H and O–H groups in total. The molecule has 0 aliphatic heterocycles. The standard InChI is InChI=1S/C11H11BrF2O/c12-9-8(13)3-2-7(10(9)14)11(6-15)4-1-5-11/h2-3,15H,1,4-6H2. The number of hydrogen-bond donors (Lipinski definition) is 1. The Kier molecular flexibility index (Phi) is 2.81. The van der Waals surface area contributed by atoms with E-state index in [2.05, 4.69) is 15.9 Å². The fraction of sp³-hybridized carbons (Fsp3) is 0.455. The second kappa shape index (κ2) is 3.83. The summed E-state index contributed by atoms with van der Waals surface area (Å²) in [5, 5.41) is 9.30. The average Bonchev–Trinajstić information content (AvgIpc) is 2.17. The van der Waals surface area contributed by atoms with Crippen LogP contribution in [0.2, 0.25) is 0 Å². The van der Waals surface area contributed by atoms with Gasteiger partial charge in [-0.05, 0) is 40.4 Å². The Balaban J connectivity index is 2.49. The van der Waals surface area contributed by atoms with Crippen LogP contribution in [0.3, 0.4) is 0 Å². The molecule has 0 radical (unpaired) electrons. The molecule has 1 aromatic carbocycles. The minimum Gasteiger partial charge on any atom is -0.395 e. The lowest BCUT2D eigenvalue weighted by atomic mass is 9.65. The molecule has 2 rings (SSSR count). The van der Waals surface area contributed by atoms with E-state index in [1.54, 1.807) is 0 Å². The maximum atomic E-state index is 13.8. The molecular weight excluding hydrogens is 266 g/mol. The molecule has 1 aromatic rings. The van der Waals surface area contributed by atoms with E-state index in [1.165, 1.54) is 12.1 Å². The minimum absolute atomic E-state index is 0.0814. The minimum atomic E-state index is -0.608. The Morgan fingerprint density at radius 2 is 2.00 bits per heavy atom. The van der Waals surface area contributed by atoms with Crippen molar-refractivity contribution in [3.63, 3.8) is 0 Å². The van der Waals surface area contributed by atoms with Gasteiger partial charge in [0, 0.05) is 5.41 Å². The zero-order valence-corrected chi connectivity index (χ0v) is 9.65. The molecule has 4 heteroatoms. The number of aliphatic hydroxyl groups is 1. The molecule has 0 amide bonds. The third kappa shape index (κ3) is 1.60. The zero-order valence-electron chi connectivity index (χ0n) is 8.06. The summed E-state index contributed by atoms with van der Waals surface area (Å²) in [6, 6.07) is 2.67. The molecule has 1 fully saturated rings. The lowest BCUT2D eigenvalue weighted by Gasteiger charge is -2.41. The van der Waals surface area contributed by atoms with Gasteiger partial charge in [0.1, 0.15) is 11.6 Å². The van der Waals surface area contributed by atoms with Crippen LogP contribution in [0.4, 0.5) is 8.78 Å². The fourth-order valence-corrected chi connectivity index (χ4v) is 2.40. The first-order chi connectivity index (χ1) is 7.10. The first-order valence-electron chi connectivity index (χ1n) is 4.85. The van der Waals surface area contributed by atoms with Crippen molar-refractivity contribution in [3.05, 3.63) is 33.8 Å². The second-order valence-electron chi connectivity index (χ2n) is 4.01. The predicted molar refractivity (Wildman–Crippen MR) is 56.7 cm³/mol. The Labute approximate surface area is 95.2 Å². The van der Waals surface area contributed by atoms with Crippen molar-refractivity contribution >= 4 is 15.9 Å². The molecule has 1 aliphatic rings. The summed E-state index contributed by atoms with van der Waals surface area (Å²) in [6.45, 7) is -0.0814. The predicted octanol–water partition coefficient (Wildman–Crippen LogP) is 3.14. The van der Waals surface area contributed by atoms with Gasteiger partial charge in [0.05, 0.1) is 11.1 Å². The van der Waals surface area contributed by atoms with Gasteiger partial charge in [-0.2, -0.15) is 0 Å². The van der Waals surface area contributed by atoms with Gasteiger partial charge in [-0.25, -0.2) is 8.78 Å². The van der Waals surface area contributed by atoms with Gasteiger partial charge >= 0.3 is 0 Å². The molecular formula is C11H11BrF2O. The highest BCUT2D eigenvalue weighted by atomic mass is 79.9. The van der Waals surface area contributed by atoms with Crippen molar-refractivity contribution in [2.24, 2.45) is 0 Å². The van der Waals surface area contributed by atoms with Crippen molar-refractivity contribution < 1.29 is 13.9 Å². The molecule has 0 atom stereocenters. The lowest BCUT2D eigenvalue weighted by Crippen LogP contribution is -2.38. The summed E-state index contributed by atoms with van der Waals surface area (Å²) in [5.41, 5.74) is -0.0650. The quantitative estimate of drug-likeness (QED) is 0.823. The molecule has 0 heterocycles. The second-order valence-corrected chi connectivity index (χ2v) is 4.81. The van der Waals surface area contributed by atoms with Crippen molar-refractivity contribution in [2.75, 3.05) is 6.61 Å². The molecule has 15 heavy (non-hydrogen) atoms. The van der Waals surface area contributed by atoms with Crippen molar-refractivity contribution in [1.82, 2.24) is 0 Å². The SMILES string of the molecule is OCC1(c2ccc(F)c(Br)c2F)CCC1. The van der Waals surface area contributed by atoms with Gasteiger partial charge < -0.3 is 5.11 Å². The third-order valence-electron chi connectivity index (χ3n) is 3.22. The van der Waals surface area contributed by atoms with Gasteiger partial charge in [-0.3, -0.25) is 0 Å². The Morgan fingerprint density at radius 3 is 2.47 bits per heavy atom. The summed E-state index contributed by atoms with van der Waals surface area (Å²) in [5.74, 6) is -1.19. The summed E-state index contributed by atoms with van der Waals surface area (Å²) in [4.78, 5) is 0. The maximum Gasteiger partial charge on any atom is 0.144 e. The van der Waals surface area contributed by atoms with E-state index in [9.17, 15) is 13.9 Å². The van der Waals surface area contributed by atoms with Crippen LogP contribution in [0.15, 0.2) is 16.6 Å². The smallest absolute Gasteiger partial charge is 0.144 e. The topological polar surface area (TPSA) is 20.2 Å². The highest BCUT2D eigenvalue weighted by Crippen LogP contribution is 2.45. The van der Waals surface area contributed by atoms with E-state index in [1.807, 2.05) is 0 Å². The van der Waals surface area contributed by atoms with Crippen LogP contribution in [0.25, 0.3) is 0 Å². The van der Waals surface area contributed by atoms with E-state index in [0.717, 1.165) is 19.3 Å². The van der Waals surface area contributed by atoms with Gasteiger partial charge in [-0.15, -0.1) is 0 Å². The number of halogens is 3. The van der Waals surface area contributed by atoms with Crippen LogP contribution < -0.4 is 0 Å². The average molecular weight is 277 g/mol. The Morgan fingerprint density at radius 1 is 1.33 bits per heavy atom. The number of rotatable bonds is 2. The van der Waals surface area contributed by atoms with Crippen LogP contribution in [-0.4, -0.2) is 11.7 Å². The van der Waals surface area contributed by atoms with Gasteiger partial charge in [0.2, 0.25) is 0 Å². The van der Waals surface area contributed by atoms with E-state index in [4.69, 9.17) is 0 Å². The number of benzene rings is 1. The molecule has 0 aromatic heterocycles. The molecule has 1 nitrogen and oxygen atoms in total. The third-order valence-corrected chi connectivity index (χ3v) is 3.95. The molecule has 0 saturated heterocycles. The molecule has 1 saturated carbocycles. The maximum absolute atomic E-state index is 13.8. The Hall–Kier alpha value is -0.480. The monoisotopic (exact) mass is 276 g/mol. The Bertz CT molecular complexity index is 383. The van der Waals surface area contributed by atoms with Crippen molar-refractivity contribution in [2.45, 2.75) is 24.7 Å². The highest BCUT2D eigenvalue weighted by molar-refractivity contribution is 9.10. The lowest BCUT2D eigenvalue weighted by molar-refractivity contribution is 0.116. The van der Waals surface area contributed by atoms with Gasteiger partial charge in [0.25, 0.3) is 0 Å². The van der Waals surface area contributed by atoms with E-state index in [0.29, 0.717) is 5.56 Å². The van der Waals surface area contributed by atoms with Crippen LogP contribution in [0, 0.1) is 11.6 Å². The zero-order chi connectivity index (χ0) is 11.1. The normalized spacial score (nSPS) is 18.7. The molecule has 0 bridgehead atoms. The van der Waals surface area contributed by atoms with Crippen molar-refractivity contribution in [1.29, 1.82) is 0 Å².